The summed E-state index contributed by atoms with van der Waals surface area (Å²) in [4.78, 5) is 14.4. The summed E-state index contributed by atoms with van der Waals surface area (Å²) in [6, 6.07) is 15.2. The van der Waals surface area contributed by atoms with Crippen molar-refractivity contribution in [3.05, 3.63) is 69.2 Å². The zero-order valence-electron chi connectivity index (χ0n) is 11.1. The second-order valence-electron chi connectivity index (χ2n) is 4.43. The van der Waals surface area contributed by atoms with Crippen LogP contribution in [0.2, 0.25) is 5.02 Å². The van der Waals surface area contributed by atoms with E-state index in [1.54, 1.807) is 23.1 Å². The number of halogens is 2. The lowest BCUT2D eigenvalue weighted by molar-refractivity contribution is 0.0751. The molecule has 0 atom stereocenters. The summed E-state index contributed by atoms with van der Waals surface area (Å²) in [6.45, 7) is 3.21. The van der Waals surface area contributed by atoms with Crippen molar-refractivity contribution in [2.75, 3.05) is 6.54 Å². The van der Waals surface area contributed by atoms with Gasteiger partial charge in [-0.15, -0.1) is 0 Å². The van der Waals surface area contributed by atoms with E-state index in [1.807, 2.05) is 37.3 Å². The molecule has 2 nitrogen and oxygen atoms in total. The minimum absolute atomic E-state index is 0.0225. The number of rotatable bonds is 4. The number of nitrogens with zero attached hydrogens (tertiary/aromatic N) is 1. The molecule has 2 aromatic carbocycles. The minimum Gasteiger partial charge on any atom is -0.335 e. The second-order valence-corrected chi connectivity index (χ2v) is 5.72. The molecule has 4 heteroatoms. The van der Waals surface area contributed by atoms with Crippen molar-refractivity contribution in [2.24, 2.45) is 0 Å². The number of amides is 1. The fourth-order valence-corrected chi connectivity index (χ4v) is 2.55. The lowest BCUT2D eigenvalue weighted by atomic mass is 10.1. The predicted octanol–water partition coefficient (Wildman–Crippen LogP) is 4.76. The van der Waals surface area contributed by atoms with Gasteiger partial charge in [0.25, 0.3) is 5.91 Å². The summed E-state index contributed by atoms with van der Waals surface area (Å²) in [7, 11) is 0. The fourth-order valence-electron chi connectivity index (χ4n) is 1.96. The average Bonchev–Trinajstić information content (AvgIpc) is 2.47. The Balaban J connectivity index is 2.23. The van der Waals surface area contributed by atoms with E-state index >= 15 is 0 Å². The van der Waals surface area contributed by atoms with E-state index in [0.717, 1.165) is 10.0 Å². The summed E-state index contributed by atoms with van der Waals surface area (Å²) in [5.41, 5.74) is 1.70. The molecule has 2 aromatic rings. The highest BCUT2D eigenvalue weighted by Crippen LogP contribution is 2.23. The smallest absolute Gasteiger partial charge is 0.255 e. The Kier molecular flexibility index (Phi) is 5.21. The van der Waals surface area contributed by atoms with Crippen LogP contribution in [-0.4, -0.2) is 17.4 Å². The van der Waals surface area contributed by atoms with E-state index in [9.17, 15) is 4.79 Å². The molecule has 0 aromatic heterocycles. The molecule has 0 aliphatic carbocycles. The number of carbonyl (C=O) groups excluding carboxylic acids is 1. The van der Waals surface area contributed by atoms with Gasteiger partial charge in [0.1, 0.15) is 0 Å². The largest absolute Gasteiger partial charge is 0.335 e. The van der Waals surface area contributed by atoms with Crippen LogP contribution in [0.1, 0.15) is 22.8 Å². The number of carbonyl (C=O) groups is 1. The van der Waals surface area contributed by atoms with Crippen LogP contribution in [0.3, 0.4) is 0 Å². The van der Waals surface area contributed by atoms with Crippen molar-refractivity contribution in [1.29, 1.82) is 0 Å². The van der Waals surface area contributed by atoms with Gasteiger partial charge in [-0.2, -0.15) is 0 Å². The molecule has 0 spiro atoms. The first-order valence-electron chi connectivity index (χ1n) is 6.40. The summed E-state index contributed by atoms with van der Waals surface area (Å²) >= 11 is 9.39. The third kappa shape index (κ3) is 3.62. The van der Waals surface area contributed by atoms with Gasteiger partial charge in [-0.25, -0.2) is 0 Å². The first-order valence-corrected chi connectivity index (χ1v) is 7.57. The van der Waals surface area contributed by atoms with Crippen molar-refractivity contribution in [2.45, 2.75) is 13.5 Å². The summed E-state index contributed by atoms with van der Waals surface area (Å²) in [5, 5.41) is 0.562. The predicted molar refractivity (Wildman–Crippen MR) is 86.0 cm³/mol. The van der Waals surface area contributed by atoms with E-state index in [0.29, 0.717) is 23.7 Å². The maximum Gasteiger partial charge on any atom is 0.255 e. The van der Waals surface area contributed by atoms with Gasteiger partial charge in [0.2, 0.25) is 0 Å². The van der Waals surface area contributed by atoms with Crippen LogP contribution in [-0.2, 0) is 6.54 Å². The van der Waals surface area contributed by atoms with Gasteiger partial charge in [-0.1, -0.05) is 41.9 Å². The molecule has 0 fully saturated rings. The van der Waals surface area contributed by atoms with Crippen LogP contribution >= 0.6 is 27.5 Å². The van der Waals surface area contributed by atoms with E-state index in [-0.39, 0.29) is 5.91 Å². The Labute approximate surface area is 132 Å². The Hall–Kier alpha value is -1.32. The van der Waals surface area contributed by atoms with E-state index in [2.05, 4.69) is 15.9 Å². The third-order valence-corrected chi connectivity index (χ3v) is 3.97. The molecule has 0 radical (unpaired) electrons. The molecular weight excluding hydrogens is 338 g/mol. The third-order valence-electron chi connectivity index (χ3n) is 3.04. The number of benzene rings is 2. The lowest BCUT2D eigenvalue weighted by Crippen LogP contribution is -2.30. The summed E-state index contributed by atoms with van der Waals surface area (Å²) in [5.74, 6) is -0.0225. The van der Waals surface area contributed by atoms with Crippen molar-refractivity contribution in [3.63, 3.8) is 0 Å². The van der Waals surface area contributed by atoms with Crippen molar-refractivity contribution in [1.82, 2.24) is 4.90 Å². The van der Waals surface area contributed by atoms with Gasteiger partial charge in [0, 0.05) is 22.6 Å². The molecule has 0 N–H and O–H groups in total. The second kappa shape index (κ2) is 6.91. The normalized spacial score (nSPS) is 10.3. The maximum atomic E-state index is 12.6. The van der Waals surface area contributed by atoms with Crippen LogP contribution in [0.25, 0.3) is 0 Å². The molecule has 1 amide bonds. The molecule has 2 rings (SSSR count). The molecule has 0 saturated carbocycles. The molecule has 0 unspecified atom stereocenters. The van der Waals surface area contributed by atoms with Gasteiger partial charge in [-0.05, 0) is 46.6 Å². The summed E-state index contributed by atoms with van der Waals surface area (Å²) < 4.78 is 0.762. The first-order chi connectivity index (χ1) is 9.61. The highest BCUT2D eigenvalue weighted by Gasteiger charge is 2.17. The molecular formula is C16H15BrClNO. The first kappa shape index (κ1) is 15.1. The number of hydrogen-bond donors (Lipinski definition) is 0. The quantitative estimate of drug-likeness (QED) is 0.776. The van der Waals surface area contributed by atoms with E-state index < -0.39 is 0 Å². The Bertz CT molecular complexity index is 601. The molecule has 20 heavy (non-hydrogen) atoms. The zero-order chi connectivity index (χ0) is 14.5. The van der Waals surface area contributed by atoms with Gasteiger partial charge in [-0.3, -0.25) is 4.79 Å². The van der Waals surface area contributed by atoms with Gasteiger partial charge >= 0.3 is 0 Å². The zero-order valence-corrected chi connectivity index (χ0v) is 13.5. The highest BCUT2D eigenvalue weighted by molar-refractivity contribution is 9.10. The van der Waals surface area contributed by atoms with E-state index in [1.165, 1.54) is 0 Å². The fraction of sp³-hybridized carbons (Fsp3) is 0.188. The lowest BCUT2D eigenvalue weighted by Gasteiger charge is -2.21. The topological polar surface area (TPSA) is 20.3 Å². The van der Waals surface area contributed by atoms with Crippen LogP contribution in [0, 0.1) is 0 Å². The highest BCUT2D eigenvalue weighted by atomic mass is 79.9. The monoisotopic (exact) mass is 351 g/mol. The molecule has 0 aliphatic heterocycles. The van der Waals surface area contributed by atoms with Crippen LogP contribution < -0.4 is 0 Å². The van der Waals surface area contributed by atoms with Gasteiger partial charge in [0.05, 0.1) is 5.56 Å². The van der Waals surface area contributed by atoms with Crippen molar-refractivity contribution >= 4 is 33.4 Å². The van der Waals surface area contributed by atoms with Crippen molar-refractivity contribution < 1.29 is 4.79 Å². The van der Waals surface area contributed by atoms with E-state index in [4.69, 9.17) is 11.6 Å². The van der Waals surface area contributed by atoms with Crippen LogP contribution in [0.15, 0.2) is 53.0 Å². The molecule has 104 valence electrons. The van der Waals surface area contributed by atoms with Gasteiger partial charge in [0.15, 0.2) is 0 Å². The molecule has 0 saturated heterocycles. The van der Waals surface area contributed by atoms with Gasteiger partial charge < -0.3 is 4.90 Å². The summed E-state index contributed by atoms with van der Waals surface area (Å²) in [6.07, 6.45) is 0. The minimum atomic E-state index is -0.0225. The number of hydrogen-bond acceptors (Lipinski definition) is 1. The maximum absolute atomic E-state index is 12.6. The Morgan fingerprint density at radius 1 is 1.20 bits per heavy atom. The Morgan fingerprint density at radius 3 is 2.55 bits per heavy atom. The molecule has 0 bridgehead atoms. The average molecular weight is 353 g/mol. The Morgan fingerprint density at radius 2 is 1.90 bits per heavy atom. The molecule has 0 heterocycles. The molecule has 0 aliphatic rings. The van der Waals surface area contributed by atoms with Crippen LogP contribution in [0.4, 0.5) is 0 Å². The SMILES string of the molecule is CCN(Cc1ccccc1)C(=O)c1cc(Cl)ccc1Br. The van der Waals surface area contributed by atoms with Crippen molar-refractivity contribution in [3.8, 4) is 0 Å². The van der Waals surface area contributed by atoms with Crippen LogP contribution in [0.5, 0.6) is 0 Å². The standard InChI is InChI=1S/C16H15BrClNO/c1-2-19(11-12-6-4-3-5-7-12)16(20)14-10-13(18)8-9-15(14)17/h3-10H,2,11H2,1H3.